The first-order chi connectivity index (χ1) is 8.72. The summed E-state index contributed by atoms with van der Waals surface area (Å²) in [5.74, 6) is 1.66. The molecule has 18 heavy (non-hydrogen) atoms. The quantitative estimate of drug-likeness (QED) is 0.857. The lowest BCUT2D eigenvalue weighted by atomic mass is 10.2. The molecule has 0 spiro atoms. The first-order valence-electron chi connectivity index (χ1n) is 5.90. The molecule has 2 heterocycles. The number of nitrogens with one attached hydrogen (secondary N) is 1. The highest BCUT2D eigenvalue weighted by atomic mass is 127. The summed E-state index contributed by atoms with van der Waals surface area (Å²) in [4.78, 5) is 13.1. The summed E-state index contributed by atoms with van der Waals surface area (Å²) in [6.07, 6.45) is 4.58. The lowest BCUT2D eigenvalue weighted by Gasteiger charge is -2.10. The second kappa shape index (κ2) is 6.08. The molecule has 2 rings (SSSR count). The van der Waals surface area contributed by atoms with E-state index < -0.39 is 0 Å². The van der Waals surface area contributed by atoms with Gasteiger partial charge in [-0.3, -0.25) is 4.98 Å². The van der Waals surface area contributed by atoms with E-state index in [4.69, 9.17) is 0 Å². The largest absolute Gasteiger partial charge is 0.369 e. The molecule has 0 aliphatic carbocycles. The molecule has 0 fully saturated rings. The number of hydrogen-bond acceptors (Lipinski definition) is 4. The van der Waals surface area contributed by atoms with E-state index in [2.05, 4.69) is 49.8 Å². The number of nitrogens with zero attached hydrogens (tertiary/aromatic N) is 3. The average Bonchev–Trinajstić information content (AvgIpc) is 2.41. The normalized spacial score (nSPS) is 10.4. The van der Waals surface area contributed by atoms with Crippen LogP contribution in [0.1, 0.15) is 19.0 Å². The molecule has 0 saturated heterocycles. The van der Waals surface area contributed by atoms with Crippen molar-refractivity contribution in [3.05, 3.63) is 33.8 Å². The number of pyridine rings is 1. The summed E-state index contributed by atoms with van der Waals surface area (Å²) >= 11 is 2.28. The van der Waals surface area contributed by atoms with E-state index in [1.165, 1.54) is 0 Å². The van der Waals surface area contributed by atoms with Gasteiger partial charge in [-0.05, 0) is 48.1 Å². The third kappa shape index (κ3) is 2.95. The van der Waals surface area contributed by atoms with E-state index in [0.29, 0.717) is 0 Å². The van der Waals surface area contributed by atoms with Crippen molar-refractivity contribution in [3.8, 4) is 11.4 Å². The molecule has 0 unspecified atom stereocenters. The van der Waals surface area contributed by atoms with Crippen LogP contribution < -0.4 is 5.32 Å². The highest BCUT2D eigenvalue weighted by Gasteiger charge is 2.10. The maximum Gasteiger partial charge on any atom is 0.161 e. The van der Waals surface area contributed by atoms with Gasteiger partial charge in [-0.1, -0.05) is 6.92 Å². The van der Waals surface area contributed by atoms with Gasteiger partial charge in [-0.15, -0.1) is 0 Å². The van der Waals surface area contributed by atoms with Crippen molar-refractivity contribution in [3.63, 3.8) is 0 Å². The van der Waals surface area contributed by atoms with Crippen molar-refractivity contribution in [2.24, 2.45) is 0 Å². The Morgan fingerprint density at radius 1 is 1.22 bits per heavy atom. The fraction of sp³-hybridized carbons (Fsp3) is 0.308. The number of aromatic nitrogens is 3. The molecular weight excluding hydrogens is 339 g/mol. The molecule has 0 atom stereocenters. The number of aryl methyl sites for hydroxylation is 1. The van der Waals surface area contributed by atoms with Gasteiger partial charge in [0.1, 0.15) is 5.82 Å². The van der Waals surface area contributed by atoms with Gasteiger partial charge in [0.2, 0.25) is 0 Å². The second-order valence-corrected chi connectivity index (χ2v) is 5.04. The lowest BCUT2D eigenvalue weighted by Crippen LogP contribution is -2.07. The van der Waals surface area contributed by atoms with Gasteiger partial charge in [0.05, 0.1) is 9.26 Å². The summed E-state index contributed by atoms with van der Waals surface area (Å²) in [5, 5.41) is 3.34. The standard InChI is InChI=1S/C13H15IN4/c1-3-6-16-13-11(14)9(2)17-12(18-13)10-4-7-15-8-5-10/h4-5,7-8H,3,6H2,1-2H3,(H,16,17,18). The summed E-state index contributed by atoms with van der Waals surface area (Å²) in [6.45, 7) is 5.06. The molecule has 2 aromatic rings. The minimum atomic E-state index is 0.744. The Kier molecular flexibility index (Phi) is 4.46. The minimum absolute atomic E-state index is 0.744. The minimum Gasteiger partial charge on any atom is -0.369 e. The zero-order valence-electron chi connectivity index (χ0n) is 10.4. The van der Waals surface area contributed by atoms with Crippen LogP contribution >= 0.6 is 22.6 Å². The van der Waals surface area contributed by atoms with Crippen molar-refractivity contribution in [2.45, 2.75) is 20.3 Å². The van der Waals surface area contributed by atoms with E-state index in [1.54, 1.807) is 12.4 Å². The lowest BCUT2D eigenvalue weighted by molar-refractivity contribution is 0.958. The van der Waals surface area contributed by atoms with Gasteiger partial charge in [0.15, 0.2) is 5.82 Å². The maximum absolute atomic E-state index is 4.58. The number of rotatable bonds is 4. The summed E-state index contributed by atoms with van der Waals surface area (Å²) in [7, 11) is 0. The van der Waals surface area contributed by atoms with Crippen LogP contribution in [-0.2, 0) is 0 Å². The Bertz CT molecular complexity index is 528. The monoisotopic (exact) mass is 354 g/mol. The van der Waals surface area contributed by atoms with Crippen LogP contribution in [0.4, 0.5) is 5.82 Å². The van der Waals surface area contributed by atoms with E-state index >= 15 is 0 Å². The molecule has 1 N–H and O–H groups in total. The van der Waals surface area contributed by atoms with Crippen LogP contribution in [0.2, 0.25) is 0 Å². The van der Waals surface area contributed by atoms with Crippen molar-refractivity contribution in [1.29, 1.82) is 0 Å². The topological polar surface area (TPSA) is 50.7 Å². The van der Waals surface area contributed by atoms with Gasteiger partial charge in [0.25, 0.3) is 0 Å². The Labute approximate surface area is 120 Å². The molecule has 0 saturated carbocycles. The molecule has 0 bridgehead atoms. The molecule has 2 aromatic heterocycles. The fourth-order valence-corrected chi connectivity index (χ4v) is 1.98. The van der Waals surface area contributed by atoms with Crippen LogP contribution in [0.3, 0.4) is 0 Å². The Hall–Kier alpha value is -1.24. The summed E-state index contributed by atoms with van der Waals surface area (Å²) in [6, 6.07) is 3.84. The van der Waals surface area contributed by atoms with E-state index in [1.807, 2.05) is 19.1 Å². The van der Waals surface area contributed by atoms with Gasteiger partial charge in [-0.2, -0.15) is 0 Å². The van der Waals surface area contributed by atoms with Gasteiger partial charge < -0.3 is 5.32 Å². The molecule has 0 amide bonds. The third-order valence-corrected chi connectivity index (χ3v) is 3.79. The average molecular weight is 354 g/mol. The SMILES string of the molecule is CCCNc1nc(-c2ccncc2)nc(C)c1I. The summed E-state index contributed by atoms with van der Waals surface area (Å²) < 4.78 is 1.08. The van der Waals surface area contributed by atoms with E-state index in [0.717, 1.165) is 39.4 Å². The first-order valence-corrected chi connectivity index (χ1v) is 6.98. The van der Waals surface area contributed by atoms with Gasteiger partial charge in [0, 0.05) is 24.5 Å². The van der Waals surface area contributed by atoms with Crippen LogP contribution in [0, 0.1) is 10.5 Å². The Balaban J connectivity index is 2.41. The first kappa shape index (κ1) is 13.2. The van der Waals surface area contributed by atoms with E-state index in [9.17, 15) is 0 Å². The van der Waals surface area contributed by atoms with Crippen LogP contribution in [0.25, 0.3) is 11.4 Å². The van der Waals surface area contributed by atoms with Gasteiger partial charge in [-0.25, -0.2) is 9.97 Å². The van der Waals surface area contributed by atoms with Crippen LogP contribution in [0.5, 0.6) is 0 Å². The molecule has 0 aliphatic rings. The van der Waals surface area contributed by atoms with Crippen LogP contribution in [0.15, 0.2) is 24.5 Å². The molecule has 0 aromatic carbocycles. The summed E-state index contributed by atoms with van der Waals surface area (Å²) in [5.41, 5.74) is 1.99. The Morgan fingerprint density at radius 3 is 2.61 bits per heavy atom. The molecule has 5 heteroatoms. The van der Waals surface area contributed by atoms with Crippen molar-refractivity contribution < 1.29 is 0 Å². The number of halogens is 1. The van der Waals surface area contributed by atoms with Crippen molar-refractivity contribution >= 4 is 28.4 Å². The van der Waals surface area contributed by atoms with Crippen molar-refractivity contribution in [1.82, 2.24) is 15.0 Å². The van der Waals surface area contributed by atoms with Gasteiger partial charge >= 0.3 is 0 Å². The molecule has 0 aliphatic heterocycles. The third-order valence-electron chi connectivity index (χ3n) is 2.50. The zero-order valence-corrected chi connectivity index (χ0v) is 12.6. The zero-order chi connectivity index (χ0) is 13.0. The highest BCUT2D eigenvalue weighted by Crippen LogP contribution is 2.23. The smallest absolute Gasteiger partial charge is 0.161 e. The predicted molar refractivity (Wildman–Crippen MR) is 81.5 cm³/mol. The number of hydrogen-bond donors (Lipinski definition) is 1. The molecule has 4 nitrogen and oxygen atoms in total. The van der Waals surface area contributed by atoms with Crippen LogP contribution in [-0.4, -0.2) is 21.5 Å². The number of anilines is 1. The van der Waals surface area contributed by atoms with E-state index in [-0.39, 0.29) is 0 Å². The Morgan fingerprint density at radius 2 is 1.94 bits per heavy atom. The highest BCUT2D eigenvalue weighted by molar-refractivity contribution is 14.1. The molecule has 0 radical (unpaired) electrons. The molecule has 94 valence electrons. The second-order valence-electron chi connectivity index (χ2n) is 3.96. The fourth-order valence-electron chi connectivity index (χ4n) is 1.55. The maximum atomic E-state index is 4.58. The molecular formula is C13H15IN4. The predicted octanol–water partition coefficient (Wildman–Crippen LogP) is 3.27. The van der Waals surface area contributed by atoms with Crippen molar-refractivity contribution in [2.75, 3.05) is 11.9 Å².